The summed E-state index contributed by atoms with van der Waals surface area (Å²) in [6, 6.07) is 0.863. The summed E-state index contributed by atoms with van der Waals surface area (Å²) < 4.78 is 0. The highest BCUT2D eigenvalue weighted by Gasteiger charge is 2.41. The standard InChI is InChI=1S/C12H24N2/c1-12(2)7-10(8-13)9-14(12)11-5-3-4-6-11/h10-11H,3-9,13H2,1-2H3. The molecule has 14 heavy (non-hydrogen) atoms. The van der Waals surface area contributed by atoms with E-state index in [-0.39, 0.29) is 0 Å². The van der Waals surface area contributed by atoms with Crippen molar-refractivity contribution in [2.75, 3.05) is 13.1 Å². The monoisotopic (exact) mass is 196 g/mol. The number of rotatable bonds is 2. The Labute approximate surface area is 87.8 Å². The summed E-state index contributed by atoms with van der Waals surface area (Å²) in [5.41, 5.74) is 6.19. The number of hydrogen-bond acceptors (Lipinski definition) is 2. The average Bonchev–Trinajstić information content (AvgIpc) is 2.70. The third-order valence-electron chi connectivity index (χ3n) is 4.12. The summed E-state index contributed by atoms with van der Waals surface area (Å²) in [6.07, 6.45) is 7.00. The first-order chi connectivity index (χ1) is 6.63. The summed E-state index contributed by atoms with van der Waals surface area (Å²) in [5.74, 6) is 0.741. The van der Waals surface area contributed by atoms with E-state index in [1.165, 1.54) is 38.6 Å². The molecule has 2 fully saturated rings. The molecule has 0 bridgehead atoms. The van der Waals surface area contributed by atoms with Gasteiger partial charge >= 0.3 is 0 Å². The minimum absolute atomic E-state index is 0.402. The zero-order valence-corrected chi connectivity index (χ0v) is 9.63. The fourth-order valence-corrected chi connectivity index (χ4v) is 3.43. The third kappa shape index (κ3) is 1.82. The van der Waals surface area contributed by atoms with Crippen molar-refractivity contribution in [3.63, 3.8) is 0 Å². The predicted molar refractivity (Wildman–Crippen MR) is 60.2 cm³/mol. The van der Waals surface area contributed by atoms with Gasteiger partial charge in [-0.15, -0.1) is 0 Å². The fourth-order valence-electron chi connectivity index (χ4n) is 3.43. The molecule has 0 spiro atoms. The van der Waals surface area contributed by atoms with E-state index in [0.717, 1.165) is 18.5 Å². The van der Waals surface area contributed by atoms with Crippen LogP contribution in [0.3, 0.4) is 0 Å². The second-order valence-electron chi connectivity index (χ2n) is 5.71. The topological polar surface area (TPSA) is 29.3 Å². The van der Waals surface area contributed by atoms with E-state index in [0.29, 0.717) is 5.54 Å². The van der Waals surface area contributed by atoms with E-state index < -0.39 is 0 Å². The highest BCUT2D eigenvalue weighted by Crippen LogP contribution is 2.38. The predicted octanol–water partition coefficient (Wildman–Crippen LogP) is 1.99. The van der Waals surface area contributed by atoms with Crippen LogP contribution < -0.4 is 5.73 Å². The first-order valence-electron chi connectivity index (χ1n) is 6.10. The van der Waals surface area contributed by atoms with Crippen LogP contribution in [-0.4, -0.2) is 29.6 Å². The Kier molecular flexibility index (Phi) is 2.85. The number of nitrogens with zero attached hydrogens (tertiary/aromatic N) is 1. The van der Waals surface area contributed by atoms with Crippen LogP contribution >= 0.6 is 0 Å². The highest BCUT2D eigenvalue weighted by atomic mass is 15.2. The smallest absolute Gasteiger partial charge is 0.0159 e. The van der Waals surface area contributed by atoms with E-state index in [1.54, 1.807) is 0 Å². The van der Waals surface area contributed by atoms with Crippen molar-refractivity contribution in [2.24, 2.45) is 11.7 Å². The van der Waals surface area contributed by atoms with E-state index in [2.05, 4.69) is 18.7 Å². The van der Waals surface area contributed by atoms with Gasteiger partial charge in [0.1, 0.15) is 0 Å². The summed E-state index contributed by atoms with van der Waals surface area (Å²) in [5, 5.41) is 0. The highest BCUT2D eigenvalue weighted by molar-refractivity contribution is 4.97. The summed E-state index contributed by atoms with van der Waals surface area (Å²) >= 11 is 0. The van der Waals surface area contributed by atoms with Gasteiger partial charge in [-0.2, -0.15) is 0 Å². The minimum Gasteiger partial charge on any atom is -0.330 e. The molecule has 0 amide bonds. The molecule has 2 N–H and O–H groups in total. The Hall–Kier alpha value is -0.0800. The van der Waals surface area contributed by atoms with Gasteiger partial charge in [0.05, 0.1) is 0 Å². The molecule has 2 nitrogen and oxygen atoms in total. The van der Waals surface area contributed by atoms with Gasteiger partial charge in [0.15, 0.2) is 0 Å². The van der Waals surface area contributed by atoms with Crippen LogP contribution in [0.5, 0.6) is 0 Å². The summed E-state index contributed by atoms with van der Waals surface area (Å²) in [6.45, 7) is 6.89. The van der Waals surface area contributed by atoms with E-state index in [9.17, 15) is 0 Å². The van der Waals surface area contributed by atoms with Crippen molar-refractivity contribution in [3.05, 3.63) is 0 Å². The van der Waals surface area contributed by atoms with Crippen LogP contribution in [0.1, 0.15) is 46.0 Å². The first kappa shape index (κ1) is 10.4. The van der Waals surface area contributed by atoms with Crippen molar-refractivity contribution in [1.29, 1.82) is 0 Å². The summed E-state index contributed by atoms with van der Waals surface area (Å²) in [4.78, 5) is 2.73. The molecule has 1 heterocycles. The third-order valence-corrected chi connectivity index (χ3v) is 4.12. The molecule has 2 rings (SSSR count). The molecule has 2 heteroatoms. The van der Waals surface area contributed by atoms with E-state index in [1.807, 2.05) is 0 Å². The zero-order chi connectivity index (χ0) is 10.2. The van der Waals surface area contributed by atoms with Crippen LogP contribution in [0.4, 0.5) is 0 Å². The van der Waals surface area contributed by atoms with Crippen LogP contribution in [0, 0.1) is 5.92 Å². The van der Waals surface area contributed by atoms with Gasteiger partial charge in [0, 0.05) is 18.1 Å². The Bertz CT molecular complexity index is 194. The van der Waals surface area contributed by atoms with Gasteiger partial charge in [0.25, 0.3) is 0 Å². The molecule has 1 aliphatic heterocycles. The van der Waals surface area contributed by atoms with Crippen molar-refractivity contribution in [2.45, 2.75) is 57.5 Å². The molecule has 1 atom stereocenters. The molecule has 1 saturated carbocycles. The molecule has 2 aliphatic rings. The van der Waals surface area contributed by atoms with Crippen LogP contribution in [-0.2, 0) is 0 Å². The lowest BCUT2D eigenvalue weighted by Gasteiger charge is -2.36. The van der Waals surface area contributed by atoms with Gasteiger partial charge in [0.2, 0.25) is 0 Å². The van der Waals surface area contributed by atoms with Crippen molar-refractivity contribution < 1.29 is 0 Å². The molecule has 0 radical (unpaired) electrons. The quantitative estimate of drug-likeness (QED) is 0.732. The van der Waals surface area contributed by atoms with Gasteiger partial charge in [-0.25, -0.2) is 0 Å². The largest absolute Gasteiger partial charge is 0.330 e. The normalized spacial score (nSPS) is 34.1. The minimum atomic E-state index is 0.402. The number of nitrogens with two attached hydrogens (primary N) is 1. The van der Waals surface area contributed by atoms with Gasteiger partial charge in [-0.1, -0.05) is 12.8 Å². The Morgan fingerprint density at radius 1 is 1.29 bits per heavy atom. The van der Waals surface area contributed by atoms with E-state index in [4.69, 9.17) is 5.73 Å². The molecule has 0 aromatic rings. The molecular weight excluding hydrogens is 172 g/mol. The van der Waals surface area contributed by atoms with Crippen LogP contribution in [0.15, 0.2) is 0 Å². The van der Waals surface area contributed by atoms with Gasteiger partial charge < -0.3 is 5.73 Å². The van der Waals surface area contributed by atoms with E-state index >= 15 is 0 Å². The molecule has 1 unspecified atom stereocenters. The fraction of sp³-hybridized carbons (Fsp3) is 1.00. The first-order valence-corrected chi connectivity index (χ1v) is 6.10. The summed E-state index contributed by atoms with van der Waals surface area (Å²) in [7, 11) is 0. The lowest BCUT2D eigenvalue weighted by atomic mass is 9.96. The molecular formula is C12H24N2. The Morgan fingerprint density at radius 2 is 1.93 bits per heavy atom. The number of likely N-dealkylation sites (tertiary alicyclic amines) is 1. The maximum Gasteiger partial charge on any atom is 0.0159 e. The lowest BCUT2D eigenvalue weighted by molar-refractivity contribution is 0.117. The molecule has 0 aromatic carbocycles. The van der Waals surface area contributed by atoms with Crippen molar-refractivity contribution in [1.82, 2.24) is 4.90 Å². The van der Waals surface area contributed by atoms with Crippen LogP contribution in [0.2, 0.25) is 0 Å². The average molecular weight is 196 g/mol. The number of hydrogen-bond donors (Lipinski definition) is 1. The molecule has 1 aliphatic carbocycles. The lowest BCUT2D eigenvalue weighted by Crippen LogP contribution is -2.44. The Balaban J connectivity index is 2.03. The molecule has 82 valence electrons. The Morgan fingerprint density at radius 3 is 2.43 bits per heavy atom. The van der Waals surface area contributed by atoms with Gasteiger partial charge in [-0.3, -0.25) is 4.90 Å². The second kappa shape index (κ2) is 3.82. The van der Waals surface area contributed by atoms with Crippen molar-refractivity contribution >= 4 is 0 Å². The zero-order valence-electron chi connectivity index (χ0n) is 9.63. The maximum atomic E-state index is 5.79. The van der Waals surface area contributed by atoms with Crippen molar-refractivity contribution in [3.8, 4) is 0 Å². The molecule has 0 aromatic heterocycles. The SMILES string of the molecule is CC1(C)CC(CN)CN1C1CCCC1. The second-order valence-corrected chi connectivity index (χ2v) is 5.71. The van der Waals surface area contributed by atoms with Gasteiger partial charge in [-0.05, 0) is 45.6 Å². The van der Waals surface area contributed by atoms with Crippen LogP contribution in [0.25, 0.3) is 0 Å². The maximum absolute atomic E-state index is 5.79. The molecule has 1 saturated heterocycles.